The second kappa shape index (κ2) is 5.73. The average Bonchev–Trinajstić information content (AvgIpc) is 2.29. The van der Waals surface area contributed by atoms with E-state index in [0.717, 1.165) is 0 Å². The largest absolute Gasteiger partial charge is 0.493 e. The number of carbonyl (C=O) groups is 1. The minimum absolute atomic E-state index is 0.157. The molecule has 4 N–H and O–H groups in total. The number of hydrogen-bond acceptors (Lipinski definition) is 4. The molecule has 0 fully saturated rings. The monoisotopic (exact) mass is 252 g/mol. The second-order valence-electron chi connectivity index (χ2n) is 4.65. The molecule has 0 atom stereocenters. The van der Waals surface area contributed by atoms with Crippen LogP contribution < -0.4 is 15.8 Å². The maximum Gasteiger partial charge on any atom is 0.257 e. The van der Waals surface area contributed by atoms with E-state index in [0.29, 0.717) is 23.6 Å². The molecule has 1 aromatic carbocycles. The lowest BCUT2D eigenvalue weighted by Crippen LogP contribution is -2.46. The fraction of sp³-hybridized carbons (Fsp3) is 0.462. The van der Waals surface area contributed by atoms with Gasteiger partial charge in [-0.3, -0.25) is 4.79 Å². The zero-order valence-electron chi connectivity index (χ0n) is 11.0. The van der Waals surface area contributed by atoms with Crippen molar-refractivity contribution in [3.05, 3.63) is 23.8 Å². The highest BCUT2D eigenvalue weighted by molar-refractivity contribution is 6.02. The number of anilines is 1. The van der Waals surface area contributed by atoms with Gasteiger partial charge in [0.25, 0.3) is 5.91 Å². The molecule has 0 aliphatic carbocycles. The van der Waals surface area contributed by atoms with E-state index in [-0.39, 0.29) is 12.5 Å². The van der Waals surface area contributed by atoms with Gasteiger partial charge in [-0.1, -0.05) is 6.07 Å². The third-order valence-corrected chi connectivity index (χ3v) is 2.43. The van der Waals surface area contributed by atoms with Gasteiger partial charge in [-0.15, -0.1) is 0 Å². The topological polar surface area (TPSA) is 84.6 Å². The maximum absolute atomic E-state index is 12.2. The van der Waals surface area contributed by atoms with Crippen molar-refractivity contribution in [3.63, 3.8) is 0 Å². The molecule has 18 heavy (non-hydrogen) atoms. The van der Waals surface area contributed by atoms with E-state index in [2.05, 4.69) is 5.32 Å². The Morgan fingerprint density at radius 1 is 1.50 bits per heavy atom. The van der Waals surface area contributed by atoms with Gasteiger partial charge < -0.3 is 20.9 Å². The molecule has 1 rings (SSSR count). The molecule has 0 saturated carbocycles. The van der Waals surface area contributed by atoms with Crippen molar-refractivity contribution in [2.24, 2.45) is 0 Å². The summed E-state index contributed by atoms with van der Waals surface area (Å²) in [4.78, 5) is 12.2. The van der Waals surface area contributed by atoms with Crippen molar-refractivity contribution >= 4 is 11.6 Å². The summed E-state index contributed by atoms with van der Waals surface area (Å²) >= 11 is 0. The fourth-order valence-corrected chi connectivity index (χ4v) is 1.48. The van der Waals surface area contributed by atoms with E-state index >= 15 is 0 Å². The fourth-order valence-electron chi connectivity index (χ4n) is 1.48. The van der Waals surface area contributed by atoms with Crippen LogP contribution in [-0.2, 0) is 0 Å². The van der Waals surface area contributed by atoms with E-state index < -0.39 is 5.54 Å². The van der Waals surface area contributed by atoms with Crippen molar-refractivity contribution in [2.75, 3.05) is 18.9 Å². The summed E-state index contributed by atoms with van der Waals surface area (Å²) < 4.78 is 5.38. The molecule has 5 heteroatoms. The van der Waals surface area contributed by atoms with Gasteiger partial charge in [0.2, 0.25) is 0 Å². The number of carbonyl (C=O) groups excluding carboxylic acids is 1. The Morgan fingerprint density at radius 2 is 2.17 bits per heavy atom. The van der Waals surface area contributed by atoms with Crippen LogP contribution >= 0.6 is 0 Å². The molecule has 0 unspecified atom stereocenters. The predicted molar refractivity (Wildman–Crippen MR) is 70.7 cm³/mol. The van der Waals surface area contributed by atoms with Crippen molar-refractivity contribution in [1.29, 1.82) is 0 Å². The Morgan fingerprint density at radius 3 is 2.72 bits per heavy atom. The first-order valence-electron chi connectivity index (χ1n) is 5.86. The number of nitrogen functional groups attached to an aromatic ring is 1. The van der Waals surface area contributed by atoms with Crippen LogP contribution in [0.2, 0.25) is 0 Å². The average molecular weight is 252 g/mol. The first kappa shape index (κ1) is 14.3. The molecular weight excluding hydrogens is 232 g/mol. The van der Waals surface area contributed by atoms with Gasteiger partial charge in [0, 0.05) is 5.69 Å². The van der Waals surface area contributed by atoms with Gasteiger partial charge in [0.05, 0.1) is 18.8 Å². The summed E-state index contributed by atoms with van der Waals surface area (Å²) in [6.07, 6.45) is 0. The van der Waals surface area contributed by atoms with Crippen LogP contribution in [0.3, 0.4) is 0 Å². The summed E-state index contributed by atoms with van der Waals surface area (Å²) in [5, 5.41) is 11.9. The van der Waals surface area contributed by atoms with Crippen LogP contribution in [0.5, 0.6) is 5.75 Å². The quantitative estimate of drug-likeness (QED) is 0.687. The number of rotatable bonds is 5. The number of nitrogens with one attached hydrogen (secondary N) is 1. The van der Waals surface area contributed by atoms with Crippen molar-refractivity contribution in [2.45, 2.75) is 26.3 Å². The number of nitrogens with two attached hydrogens (primary N) is 1. The van der Waals surface area contributed by atoms with Crippen molar-refractivity contribution < 1.29 is 14.6 Å². The summed E-state index contributed by atoms with van der Waals surface area (Å²) in [6.45, 7) is 5.58. The van der Waals surface area contributed by atoms with Gasteiger partial charge in [-0.25, -0.2) is 0 Å². The van der Waals surface area contributed by atoms with E-state index in [4.69, 9.17) is 15.6 Å². The third kappa shape index (κ3) is 3.37. The lowest BCUT2D eigenvalue weighted by molar-refractivity contribution is 0.0866. The van der Waals surface area contributed by atoms with Gasteiger partial charge in [-0.2, -0.15) is 0 Å². The highest BCUT2D eigenvalue weighted by atomic mass is 16.5. The first-order chi connectivity index (χ1) is 8.41. The maximum atomic E-state index is 12.2. The predicted octanol–water partition coefficient (Wildman–Crippen LogP) is 1.17. The van der Waals surface area contributed by atoms with Gasteiger partial charge in [0.1, 0.15) is 11.3 Å². The zero-order valence-corrected chi connectivity index (χ0v) is 11.0. The summed E-state index contributed by atoms with van der Waals surface area (Å²) in [6, 6.07) is 5.07. The van der Waals surface area contributed by atoms with E-state index in [1.54, 1.807) is 32.0 Å². The minimum atomic E-state index is -0.706. The van der Waals surface area contributed by atoms with Crippen LogP contribution in [0.1, 0.15) is 31.1 Å². The smallest absolute Gasteiger partial charge is 0.257 e. The molecule has 0 aromatic heterocycles. The molecule has 1 amide bonds. The molecule has 0 aliphatic heterocycles. The highest BCUT2D eigenvalue weighted by Gasteiger charge is 2.23. The summed E-state index contributed by atoms with van der Waals surface area (Å²) in [5.74, 6) is 0.0966. The SMILES string of the molecule is CCOc1cccc(N)c1C(=O)NC(C)(C)CO. The Hall–Kier alpha value is -1.75. The Balaban J connectivity index is 3.04. The van der Waals surface area contributed by atoms with Crippen LogP contribution in [-0.4, -0.2) is 29.8 Å². The number of ether oxygens (including phenoxy) is 1. The normalized spacial score (nSPS) is 11.1. The molecule has 1 aromatic rings. The van der Waals surface area contributed by atoms with Crippen molar-refractivity contribution in [1.82, 2.24) is 5.32 Å². The van der Waals surface area contributed by atoms with Crippen molar-refractivity contribution in [3.8, 4) is 5.75 Å². The molecule has 0 spiro atoms. The number of aliphatic hydroxyl groups is 1. The van der Waals surface area contributed by atoms with Crippen LogP contribution in [0.15, 0.2) is 18.2 Å². The molecule has 0 aliphatic rings. The minimum Gasteiger partial charge on any atom is -0.493 e. The molecule has 0 heterocycles. The number of hydrogen-bond donors (Lipinski definition) is 3. The van der Waals surface area contributed by atoms with Gasteiger partial charge >= 0.3 is 0 Å². The Kier molecular flexibility index (Phi) is 4.55. The van der Waals surface area contributed by atoms with E-state index in [1.165, 1.54) is 0 Å². The standard InChI is InChI=1S/C13H20N2O3/c1-4-18-10-7-5-6-9(14)11(10)12(17)15-13(2,3)8-16/h5-7,16H,4,8,14H2,1-3H3,(H,15,17). The van der Waals surface area contributed by atoms with Crippen LogP contribution in [0.25, 0.3) is 0 Å². The van der Waals surface area contributed by atoms with E-state index in [9.17, 15) is 4.79 Å². The second-order valence-corrected chi connectivity index (χ2v) is 4.65. The first-order valence-corrected chi connectivity index (χ1v) is 5.86. The number of aliphatic hydroxyl groups excluding tert-OH is 1. The third-order valence-electron chi connectivity index (χ3n) is 2.43. The molecule has 0 bridgehead atoms. The molecule has 0 saturated heterocycles. The molecule has 5 nitrogen and oxygen atoms in total. The zero-order chi connectivity index (χ0) is 13.8. The highest BCUT2D eigenvalue weighted by Crippen LogP contribution is 2.25. The lowest BCUT2D eigenvalue weighted by atomic mass is 10.0. The molecule has 100 valence electrons. The molecule has 0 radical (unpaired) electrons. The Bertz CT molecular complexity index is 430. The van der Waals surface area contributed by atoms with Gasteiger partial charge in [-0.05, 0) is 32.9 Å². The van der Waals surface area contributed by atoms with E-state index in [1.807, 2.05) is 6.92 Å². The summed E-state index contributed by atoms with van der Waals surface area (Å²) in [5.41, 5.74) is 5.76. The number of amides is 1. The number of benzene rings is 1. The van der Waals surface area contributed by atoms with Crippen LogP contribution in [0, 0.1) is 0 Å². The molecular formula is C13H20N2O3. The Labute approximate surface area is 107 Å². The summed E-state index contributed by atoms with van der Waals surface area (Å²) in [7, 11) is 0. The van der Waals surface area contributed by atoms with Crippen LogP contribution in [0.4, 0.5) is 5.69 Å². The van der Waals surface area contributed by atoms with Gasteiger partial charge in [0.15, 0.2) is 0 Å². The lowest BCUT2D eigenvalue weighted by Gasteiger charge is -2.24.